The van der Waals surface area contributed by atoms with Crippen molar-refractivity contribution in [1.29, 1.82) is 0 Å². The normalized spacial score (nSPS) is 18.3. The van der Waals surface area contributed by atoms with Gasteiger partial charge in [0.15, 0.2) is 0 Å². The van der Waals surface area contributed by atoms with Crippen LogP contribution in [0.3, 0.4) is 0 Å². The predicted molar refractivity (Wildman–Crippen MR) is 80.2 cm³/mol. The highest BCUT2D eigenvalue weighted by Gasteiger charge is 2.18. The lowest BCUT2D eigenvalue weighted by Gasteiger charge is -2.22. The number of aryl methyl sites for hydroxylation is 1. The average Bonchev–Trinajstić information content (AvgIpc) is 2.95. The zero-order valence-corrected chi connectivity index (χ0v) is 11.6. The summed E-state index contributed by atoms with van der Waals surface area (Å²) in [5.41, 5.74) is 1.25. The molecule has 1 aliphatic rings. The van der Waals surface area contributed by atoms with Crippen LogP contribution in [0.1, 0.15) is 17.8 Å². The SMILES string of the molecule is C(=C\c1ccccc1)/CNC[C@H]1CCc2nncn2C1. The number of nitrogens with zero attached hydrogens (tertiary/aromatic N) is 3. The molecule has 0 saturated carbocycles. The third-order valence-corrected chi connectivity index (χ3v) is 3.73. The minimum absolute atomic E-state index is 0.684. The van der Waals surface area contributed by atoms with Crippen LogP contribution in [0.5, 0.6) is 0 Å². The topological polar surface area (TPSA) is 42.7 Å². The molecular weight excluding hydrogens is 248 g/mol. The van der Waals surface area contributed by atoms with Gasteiger partial charge in [-0.25, -0.2) is 0 Å². The van der Waals surface area contributed by atoms with Crippen LogP contribution < -0.4 is 5.32 Å². The fourth-order valence-electron chi connectivity index (χ4n) is 2.62. The van der Waals surface area contributed by atoms with Crippen molar-refractivity contribution >= 4 is 6.08 Å². The first kappa shape index (κ1) is 13.1. The molecule has 4 nitrogen and oxygen atoms in total. The van der Waals surface area contributed by atoms with Gasteiger partial charge in [0.2, 0.25) is 0 Å². The van der Waals surface area contributed by atoms with Crippen LogP contribution in [0, 0.1) is 5.92 Å². The van der Waals surface area contributed by atoms with Crippen LogP contribution in [0.2, 0.25) is 0 Å². The third-order valence-electron chi connectivity index (χ3n) is 3.73. The van der Waals surface area contributed by atoms with Crippen LogP contribution in [-0.4, -0.2) is 27.9 Å². The van der Waals surface area contributed by atoms with Crippen molar-refractivity contribution in [2.75, 3.05) is 13.1 Å². The lowest BCUT2D eigenvalue weighted by Crippen LogP contribution is -2.30. The zero-order valence-electron chi connectivity index (χ0n) is 11.6. The molecule has 0 radical (unpaired) electrons. The molecule has 4 heteroatoms. The van der Waals surface area contributed by atoms with Crippen molar-refractivity contribution in [2.45, 2.75) is 19.4 Å². The Hall–Kier alpha value is -1.94. The first-order valence-electron chi connectivity index (χ1n) is 7.21. The van der Waals surface area contributed by atoms with Crippen molar-refractivity contribution < 1.29 is 0 Å². The summed E-state index contributed by atoms with van der Waals surface area (Å²) in [4.78, 5) is 0. The van der Waals surface area contributed by atoms with E-state index in [0.29, 0.717) is 5.92 Å². The molecule has 20 heavy (non-hydrogen) atoms. The van der Waals surface area contributed by atoms with Gasteiger partial charge in [-0.05, 0) is 24.4 Å². The first-order valence-corrected chi connectivity index (χ1v) is 7.21. The molecule has 104 valence electrons. The summed E-state index contributed by atoms with van der Waals surface area (Å²) in [6.07, 6.45) is 8.44. The van der Waals surface area contributed by atoms with Crippen molar-refractivity contribution in [3.05, 3.63) is 54.1 Å². The molecule has 0 bridgehead atoms. The Bertz CT molecular complexity index is 559. The number of benzene rings is 1. The molecule has 1 N–H and O–H groups in total. The highest BCUT2D eigenvalue weighted by Crippen LogP contribution is 2.16. The van der Waals surface area contributed by atoms with E-state index in [1.165, 1.54) is 12.0 Å². The van der Waals surface area contributed by atoms with Gasteiger partial charge in [-0.1, -0.05) is 42.5 Å². The monoisotopic (exact) mass is 268 g/mol. The number of hydrogen-bond donors (Lipinski definition) is 1. The van der Waals surface area contributed by atoms with Gasteiger partial charge in [0.05, 0.1) is 0 Å². The summed E-state index contributed by atoms with van der Waals surface area (Å²) < 4.78 is 2.18. The second-order valence-corrected chi connectivity index (χ2v) is 5.28. The Morgan fingerprint density at radius 3 is 3.10 bits per heavy atom. The van der Waals surface area contributed by atoms with Gasteiger partial charge in [0.1, 0.15) is 12.2 Å². The second-order valence-electron chi connectivity index (χ2n) is 5.28. The molecule has 2 aromatic rings. The maximum atomic E-state index is 4.12. The Morgan fingerprint density at radius 2 is 2.20 bits per heavy atom. The molecule has 0 unspecified atom stereocenters. The first-order chi connectivity index (χ1) is 9.92. The van der Waals surface area contributed by atoms with Crippen molar-refractivity contribution in [3.63, 3.8) is 0 Å². The average molecular weight is 268 g/mol. The second kappa shape index (κ2) is 6.48. The number of rotatable bonds is 5. The molecule has 1 aromatic heterocycles. The van der Waals surface area contributed by atoms with Crippen LogP contribution in [0.4, 0.5) is 0 Å². The van der Waals surface area contributed by atoms with E-state index in [4.69, 9.17) is 0 Å². The van der Waals surface area contributed by atoms with Crippen LogP contribution in [-0.2, 0) is 13.0 Å². The van der Waals surface area contributed by atoms with Crippen molar-refractivity contribution in [1.82, 2.24) is 20.1 Å². The fraction of sp³-hybridized carbons (Fsp3) is 0.375. The molecule has 1 atom stereocenters. The van der Waals surface area contributed by atoms with E-state index in [2.05, 4.69) is 56.5 Å². The van der Waals surface area contributed by atoms with Gasteiger partial charge in [-0.15, -0.1) is 10.2 Å². The van der Waals surface area contributed by atoms with Gasteiger partial charge in [0, 0.05) is 19.5 Å². The molecule has 0 spiro atoms. The minimum Gasteiger partial charge on any atom is -0.317 e. The molecule has 1 aliphatic heterocycles. The molecule has 0 aliphatic carbocycles. The van der Waals surface area contributed by atoms with Crippen LogP contribution in [0.15, 0.2) is 42.7 Å². The molecule has 1 aromatic carbocycles. The summed E-state index contributed by atoms with van der Waals surface area (Å²) in [5.74, 6) is 1.81. The molecule has 0 fully saturated rings. The van der Waals surface area contributed by atoms with E-state index in [9.17, 15) is 0 Å². The highest BCUT2D eigenvalue weighted by molar-refractivity contribution is 5.48. The van der Waals surface area contributed by atoms with Crippen molar-refractivity contribution in [2.24, 2.45) is 5.92 Å². The Labute approximate surface area is 119 Å². The standard InChI is InChI=1S/C16H20N4/c1-2-5-14(6-3-1)7-4-10-17-11-15-8-9-16-19-18-13-20(16)12-15/h1-7,13,15,17H,8-12H2/b7-4+/t15-/m1/s1. The van der Waals surface area contributed by atoms with E-state index in [0.717, 1.165) is 31.9 Å². The van der Waals surface area contributed by atoms with E-state index in [1.54, 1.807) is 0 Å². The quantitative estimate of drug-likeness (QED) is 0.845. The van der Waals surface area contributed by atoms with Crippen LogP contribution in [0.25, 0.3) is 6.08 Å². The van der Waals surface area contributed by atoms with Gasteiger partial charge in [-0.3, -0.25) is 0 Å². The van der Waals surface area contributed by atoms with Gasteiger partial charge >= 0.3 is 0 Å². The zero-order chi connectivity index (χ0) is 13.6. The third kappa shape index (κ3) is 3.33. The van der Waals surface area contributed by atoms with E-state index >= 15 is 0 Å². The molecular formula is C16H20N4. The number of hydrogen-bond acceptors (Lipinski definition) is 3. The largest absolute Gasteiger partial charge is 0.317 e. The molecule has 0 amide bonds. The number of fused-ring (bicyclic) bond motifs is 1. The molecule has 0 saturated heterocycles. The van der Waals surface area contributed by atoms with E-state index in [-0.39, 0.29) is 0 Å². The summed E-state index contributed by atoms with van der Waals surface area (Å²) in [5, 5.41) is 11.6. The maximum absolute atomic E-state index is 4.12. The minimum atomic E-state index is 0.684. The number of nitrogens with one attached hydrogen (secondary N) is 1. The Kier molecular flexibility index (Phi) is 4.23. The summed E-state index contributed by atoms with van der Waals surface area (Å²) >= 11 is 0. The molecule has 3 rings (SSSR count). The number of aromatic nitrogens is 3. The fourth-order valence-corrected chi connectivity index (χ4v) is 2.62. The Balaban J connectivity index is 1.40. The Morgan fingerprint density at radius 1 is 1.30 bits per heavy atom. The summed E-state index contributed by atoms with van der Waals surface area (Å²) in [6, 6.07) is 10.4. The lowest BCUT2D eigenvalue weighted by atomic mass is 9.99. The van der Waals surface area contributed by atoms with Gasteiger partial charge in [-0.2, -0.15) is 0 Å². The molecule has 2 heterocycles. The van der Waals surface area contributed by atoms with E-state index in [1.807, 2.05) is 12.4 Å². The smallest absolute Gasteiger partial charge is 0.132 e. The predicted octanol–water partition coefficient (Wildman–Crippen LogP) is 2.14. The summed E-state index contributed by atoms with van der Waals surface area (Å²) in [7, 11) is 0. The van der Waals surface area contributed by atoms with Crippen LogP contribution >= 0.6 is 0 Å². The maximum Gasteiger partial charge on any atom is 0.132 e. The summed E-state index contributed by atoms with van der Waals surface area (Å²) in [6.45, 7) is 3.01. The van der Waals surface area contributed by atoms with E-state index < -0.39 is 0 Å². The lowest BCUT2D eigenvalue weighted by molar-refractivity contribution is 0.352. The van der Waals surface area contributed by atoms with Crippen molar-refractivity contribution in [3.8, 4) is 0 Å². The van der Waals surface area contributed by atoms with Gasteiger partial charge < -0.3 is 9.88 Å². The van der Waals surface area contributed by atoms with Gasteiger partial charge in [0.25, 0.3) is 0 Å². The highest BCUT2D eigenvalue weighted by atomic mass is 15.3.